The monoisotopic (exact) mass is 561 g/mol. The van der Waals surface area contributed by atoms with E-state index in [2.05, 4.69) is 161 Å². The lowest BCUT2D eigenvalue weighted by Crippen LogP contribution is -1.94. The zero-order valence-corrected chi connectivity index (χ0v) is 23.9. The van der Waals surface area contributed by atoms with E-state index in [1.54, 1.807) is 0 Å². The van der Waals surface area contributed by atoms with E-state index < -0.39 is 0 Å². The fourth-order valence-electron chi connectivity index (χ4n) is 6.82. The summed E-state index contributed by atoms with van der Waals surface area (Å²) >= 11 is 0. The summed E-state index contributed by atoms with van der Waals surface area (Å²) in [6, 6.07) is 56.4. The van der Waals surface area contributed by atoms with Gasteiger partial charge in [0.2, 0.25) is 0 Å². The molecule has 0 amide bonds. The second kappa shape index (κ2) is 9.82. The molecule has 0 atom stereocenters. The van der Waals surface area contributed by atoms with Crippen molar-refractivity contribution in [2.24, 2.45) is 0 Å². The van der Waals surface area contributed by atoms with Crippen molar-refractivity contribution < 1.29 is 0 Å². The normalized spacial score (nSPS) is 11.6. The van der Waals surface area contributed by atoms with Crippen molar-refractivity contribution in [3.63, 3.8) is 0 Å². The smallest absolute Gasteiger partial charge is 0.0969 e. The number of pyridine rings is 1. The highest BCUT2D eigenvalue weighted by Gasteiger charge is 2.18. The average Bonchev–Trinajstić information content (AvgIpc) is 3.62. The van der Waals surface area contributed by atoms with Gasteiger partial charge >= 0.3 is 0 Å². The lowest BCUT2D eigenvalue weighted by Gasteiger charge is -2.11. The van der Waals surface area contributed by atoms with Gasteiger partial charge in [-0.1, -0.05) is 103 Å². The second-order valence-electron chi connectivity index (χ2n) is 11.2. The molecule has 0 unspecified atom stereocenters. The Hall–Kier alpha value is -5.93. The van der Waals surface area contributed by atoms with Gasteiger partial charge in [0.1, 0.15) is 0 Å². The zero-order chi connectivity index (χ0) is 29.0. The van der Waals surface area contributed by atoms with Crippen molar-refractivity contribution in [3.05, 3.63) is 164 Å². The van der Waals surface area contributed by atoms with Crippen LogP contribution in [-0.2, 0) is 0 Å². The predicted octanol–water partition coefficient (Wildman–Crippen LogP) is 10.6. The van der Waals surface area contributed by atoms with Crippen LogP contribution in [-0.4, -0.2) is 14.1 Å². The van der Waals surface area contributed by atoms with Crippen LogP contribution in [0.25, 0.3) is 77.4 Å². The quantitative estimate of drug-likeness (QED) is 0.210. The number of fused-ring (bicyclic) bond motifs is 6. The van der Waals surface area contributed by atoms with Gasteiger partial charge in [-0.3, -0.25) is 4.98 Å². The van der Waals surface area contributed by atoms with Crippen LogP contribution in [0.3, 0.4) is 0 Å². The van der Waals surface area contributed by atoms with Gasteiger partial charge in [0.05, 0.1) is 27.6 Å². The Bertz CT molecular complexity index is 2470. The molecule has 0 aliphatic rings. The van der Waals surface area contributed by atoms with Gasteiger partial charge in [-0.15, -0.1) is 0 Å². The van der Waals surface area contributed by atoms with E-state index >= 15 is 0 Å². The molecular formula is C41H27N3. The highest BCUT2D eigenvalue weighted by molar-refractivity contribution is 6.15. The Labute approximate surface area is 254 Å². The highest BCUT2D eigenvalue weighted by atomic mass is 15.0. The molecule has 0 fully saturated rings. The lowest BCUT2D eigenvalue weighted by molar-refractivity contribution is 1.17. The number of benzene rings is 6. The molecule has 0 saturated carbocycles. The number of rotatable bonds is 4. The maximum Gasteiger partial charge on any atom is 0.0969 e. The maximum atomic E-state index is 4.91. The third kappa shape index (κ3) is 3.73. The fourth-order valence-corrected chi connectivity index (χ4v) is 6.82. The van der Waals surface area contributed by atoms with Crippen LogP contribution in [0.4, 0.5) is 0 Å². The van der Waals surface area contributed by atoms with Gasteiger partial charge in [-0.05, 0) is 76.9 Å². The Morgan fingerprint density at radius 1 is 0.386 bits per heavy atom. The molecular weight excluding hydrogens is 534 g/mol. The first-order chi connectivity index (χ1) is 21.8. The van der Waals surface area contributed by atoms with Crippen LogP contribution >= 0.6 is 0 Å². The van der Waals surface area contributed by atoms with Crippen molar-refractivity contribution in [2.45, 2.75) is 0 Å². The molecule has 3 heterocycles. The van der Waals surface area contributed by atoms with E-state index in [1.165, 1.54) is 49.4 Å². The zero-order valence-electron chi connectivity index (χ0n) is 23.9. The van der Waals surface area contributed by atoms with Crippen LogP contribution in [0, 0.1) is 0 Å². The molecule has 3 nitrogen and oxygen atoms in total. The van der Waals surface area contributed by atoms with Crippen molar-refractivity contribution in [1.82, 2.24) is 14.1 Å². The first kappa shape index (κ1) is 24.6. The lowest BCUT2D eigenvalue weighted by atomic mass is 9.99. The molecule has 3 aromatic heterocycles. The number of nitrogens with zero attached hydrogens (tertiary/aromatic N) is 3. The van der Waals surface area contributed by atoms with Gasteiger partial charge in [-0.25, -0.2) is 0 Å². The molecule has 0 aliphatic heterocycles. The topological polar surface area (TPSA) is 22.8 Å². The van der Waals surface area contributed by atoms with E-state index in [0.29, 0.717) is 0 Å². The van der Waals surface area contributed by atoms with Crippen molar-refractivity contribution >= 4 is 43.7 Å². The van der Waals surface area contributed by atoms with Crippen molar-refractivity contribution in [3.8, 4) is 33.6 Å². The SMILES string of the molecule is c1ccc(-c2ccc(-n3c4ccccc4c4ccc(-c5cccc6c5c5ncccc5n6-c5ccccc5)cc43)cc2)cc1. The summed E-state index contributed by atoms with van der Waals surface area (Å²) in [4.78, 5) is 4.91. The van der Waals surface area contributed by atoms with Crippen molar-refractivity contribution in [1.29, 1.82) is 0 Å². The second-order valence-corrected chi connectivity index (χ2v) is 11.2. The minimum atomic E-state index is 1.01. The van der Waals surface area contributed by atoms with E-state index in [0.717, 1.165) is 27.9 Å². The minimum absolute atomic E-state index is 1.01. The molecule has 0 spiro atoms. The van der Waals surface area contributed by atoms with Gasteiger partial charge in [0.25, 0.3) is 0 Å². The average molecular weight is 562 g/mol. The summed E-state index contributed by atoms with van der Waals surface area (Å²) in [7, 11) is 0. The summed E-state index contributed by atoms with van der Waals surface area (Å²) < 4.78 is 4.72. The third-order valence-corrected chi connectivity index (χ3v) is 8.78. The Morgan fingerprint density at radius 3 is 1.84 bits per heavy atom. The number of aromatic nitrogens is 3. The Balaban J connectivity index is 1.29. The van der Waals surface area contributed by atoms with Crippen molar-refractivity contribution in [2.75, 3.05) is 0 Å². The molecule has 0 saturated heterocycles. The molecule has 3 heteroatoms. The standard InChI is InChI=1S/C41H27N3/c1-3-11-28(12-4-1)29-20-23-32(24-21-29)43-36-17-8-7-15-34(36)35-25-22-30(27-39(35)43)33-16-9-18-37-40(33)41-38(19-10-26-42-41)44(37)31-13-5-2-6-14-31/h1-27H. The van der Waals surface area contributed by atoms with Gasteiger partial charge < -0.3 is 9.13 Å². The van der Waals surface area contributed by atoms with Gasteiger partial charge in [0, 0.05) is 33.7 Å². The van der Waals surface area contributed by atoms with E-state index in [4.69, 9.17) is 4.98 Å². The van der Waals surface area contributed by atoms with Crippen LogP contribution in [0.2, 0.25) is 0 Å². The Morgan fingerprint density at radius 2 is 1.00 bits per heavy atom. The highest BCUT2D eigenvalue weighted by Crippen LogP contribution is 2.40. The van der Waals surface area contributed by atoms with Crippen LogP contribution in [0.5, 0.6) is 0 Å². The van der Waals surface area contributed by atoms with E-state index in [1.807, 2.05) is 12.3 Å². The molecule has 0 N–H and O–H groups in total. The predicted molar refractivity (Wildman–Crippen MR) is 184 cm³/mol. The molecule has 9 rings (SSSR count). The number of hydrogen-bond acceptors (Lipinski definition) is 1. The van der Waals surface area contributed by atoms with E-state index in [-0.39, 0.29) is 0 Å². The fraction of sp³-hybridized carbons (Fsp3) is 0. The largest absolute Gasteiger partial charge is 0.309 e. The van der Waals surface area contributed by atoms with Crippen LogP contribution in [0.1, 0.15) is 0 Å². The number of para-hydroxylation sites is 2. The van der Waals surface area contributed by atoms with Crippen LogP contribution in [0.15, 0.2) is 164 Å². The first-order valence-electron chi connectivity index (χ1n) is 15.0. The maximum absolute atomic E-state index is 4.91. The third-order valence-electron chi connectivity index (χ3n) is 8.78. The van der Waals surface area contributed by atoms with Gasteiger partial charge in [0.15, 0.2) is 0 Å². The molecule has 6 aromatic carbocycles. The summed E-state index contributed by atoms with van der Waals surface area (Å²) in [5.41, 5.74) is 12.7. The minimum Gasteiger partial charge on any atom is -0.309 e. The molecule has 0 bridgehead atoms. The summed E-state index contributed by atoms with van der Waals surface area (Å²) in [6.45, 7) is 0. The Kier molecular flexibility index (Phi) is 5.50. The first-order valence-corrected chi connectivity index (χ1v) is 15.0. The molecule has 0 aliphatic carbocycles. The molecule has 0 radical (unpaired) electrons. The number of hydrogen-bond donors (Lipinski definition) is 0. The van der Waals surface area contributed by atoms with Crippen LogP contribution < -0.4 is 0 Å². The molecule has 9 aromatic rings. The summed E-state index contributed by atoms with van der Waals surface area (Å²) in [5.74, 6) is 0. The molecule has 44 heavy (non-hydrogen) atoms. The summed E-state index contributed by atoms with van der Waals surface area (Å²) in [5, 5.41) is 3.66. The molecule has 206 valence electrons. The summed E-state index contributed by atoms with van der Waals surface area (Å²) in [6.07, 6.45) is 1.90. The van der Waals surface area contributed by atoms with Gasteiger partial charge in [-0.2, -0.15) is 0 Å². The van der Waals surface area contributed by atoms with E-state index in [9.17, 15) is 0 Å².